The van der Waals surface area contributed by atoms with Gasteiger partial charge in [-0.3, -0.25) is 9.36 Å². The van der Waals surface area contributed by atoms with Gasteiger partial charge in [0, 0.05) is 28.5 Å². The van der Waals surface area contributed by atoms with Crippen LogP contribution in [0.2, 0.25) is 0 Å². The summed E-state index contributed by atoms with van der Waals surface area (Å²) >= 11 is 7.39. The summed E-state index contributed by atoms with van der Waals surface area (Å²) in [4.78, 5) is 16.2. The van der Waals surface area contributed by atoms with Crippen molar-refractivity contribution in [2.24, 2.45) is 0 Å². The number of aromatic nitrogens is 2. The average molecular weight is 269 g/mol. The van der Waals surface area contributed by atoms with E-state index >= 15 is 0 Å². The van der Waals surface area contributed by atoms with Crippen LogP contribution in [0, 0.1) is 13.8 Å². The lowest BCUT2D eigenvalue weighted by molar-refractivity contribution is 0.0991. The first-order valence-electron chi connectivity index (χ1n) is 5.29. The zero-order valence-electron chi connectivity index (χ0n) is 9.90. The first-order valence-corrected chi connectivity index (χ1v) is 6.61. The predicted molar refractivity (Wildman–Crippen MR) is 70.6 cm³/mol. The summed E-state index contributed by atoms with van der Waals surface area (Å²) < 4.78 is 1.98. The molecule has 0 radical (unpaired) electrons. The Labute approximate surface area is 109 Å². The highest BCUT2D eigenvalue weighted by atomic mass is 35.5. The number of carbonyl (C=O) groups excluding carboxylic acids is 1. The molecule has 0 aliphatic rings. The molecule has 2 heterocycles. The van der Waals surface area contributed by atoms with Gasteiger partial charge in [0.2, 0.25) is 0 Å². The number of halogens is 1. The minimum Gasteiger partial charge on any atom is -0.294 e. The molecule has 1 unspecified atom stereocenters. The van der Waals surface area contributed by atoms with E-state index in [0.29, 0.717) is 5.56 Å². The van der Waals surface area contributed by atoms with Crippen LogP contribution in [0.5, 0.6) is 0 Å². The molecule has 0 aliphatic heterocycles. The van der Waals surface area contributed by atoms with Gasteiger partial charge < -0.3 is 0 Å². The number of carbonyl (C=O) groups is 1. The van der Waals surface area contributed by atoms with Crippen LogP contribution in [0.1, 0.15) is 28.7 Å². The molecule has 2 rings (SSSR count). The normalized spacial score (nSPS) is 12.7. The summed E-state index contributed by atoms with van der Waals surface area (Å²) in [6, 6.07) is 1.87. The summed E-state index contributed by atoms with van der Waals surface area (Å²) in [7, 11) is 0. The summed E-state index contributed by atoms with van der Waals surface area (Å²) in [5.41, 5.74) is 2.58. The van der Waals surface area contributed by atoms with Crippen LogP contribution in [0.15, 0.2) is 17.6 Å². The molecule has 1 atom stereocenters. The number of rotatable bonds is 3. The Hall–Kier alpha value is -1.13. The Morgan fingerprint density at radius 2 is 2.24 bits per heavy atom. The fourth-order valence-electron chi connectivity index (χ4n) is 1.85. The maximum atomic E-state index is 11.9. The number of aryl methyl sites for hydroxylation is 1. The molecule has 0 bridgehead atoms. The van der Waals surface area contributed by atoms with Gasteiger partial charge in [-0.2, -0.15) is 0 Å². The minimum atomic E-state index is -0.500. The van der Waals surface area contributed by atoms with Crippen molar-refractivity contribution >= 4 is 28.7 Å². The molecule has 0 aromatic carbocycles. The van der Waals surface area contributed by atoms with E-state index < -0.39 is 5.38 Å². The molecule has 0 spiro atoms. The molecule has 5 heteroatoms. The number of ketones is 1. The Kier molecular flexibility index (Phi) is 3.35. The molecular formula is C12H13ClN2OS. The number of Topliss-reactive ketones (excluding diaryl/α,β-unsaturated/α-hetero) is 1. The lowest BCUT2D eigenvalue weighted by Gasteiger charge is -2.06. The highest BCUT2D eigenvalue weighted by Crippen LogP contribution is 2.23. The average Bonchev–Trinajstić information content (AvgIpc) is 2.85. The third kappa shape index (κ3) is 2.15. The molecule has 2 aromatic rings. The van der Waals surface area contributed by atoms with Gasteiger partial charge in [0.15, 0.2) is 10.9 Å². The van der Waals surface area contributed by atoms with Gasteiger partial charge in [-0.05, 0) is 26.8 Å². The van der Waals surface area contributed by atoms with E-state index in [9.17, 15) is 4.79 Å². The molecule has 0 N–H and O–H groups in total. The number of nitrogens with zero attached hydrogens (tertiary/aromatic N) is 2. The second-order valence-corrected chi connectivity index (χ2v) is 5.44. The van der Waals surface area contributed by atoms with Crippen LogP contribution in [0.25, 0.3) is 5.13 Å². The van der Waals surface area contributed by atoms with Gasteiger partial charge in [0.05, 0.1) is 5.38 Å². The number of thiazole rings is 1. The summed E-state index contributed by atoms with van der Waals surface area (Å²) in [6.07, 6.45) is 1.75. The summed E-state index contributed by atoms with van der Waals surface area (Å²) in [6.45, 7) is 5.57. The standard InChI is InChI=1S/C12H13ClN2OS/c1-7-6-10(11(16)8(2)13)9(3)15(7)12-14-4-5-17-12/h4-6,8H,1-3H3. The van der Waals surface area contributed by atoms with Crippen LogP contribution >= 0.6 is 22.9 Å². The van der Waals surface area contributed by atoms with Crippen LogP contribution in [0.3, 0.4) is 0 Å². The molecule has 90 valence electrons. The van der Waals surface area contributed by atoms with E-state index in [1.54, 1.807) is 24.5 Å². The van der Waals surface area contributed by atoms with Gasteiger partial charge in [0.25, 0.3) is 0 Å². The summed E-state index contributed by atoms with van der Waals surface area (Å²) in [5.74, 6) is -0.0393. The second kappa shape index (κ2) is 4.63. The molecule has 0 amide bonds. The Morgan fingerprint density at radius 3 is 2.76 bits per heavy atom. The van der Waals surface area contributed by atoms with E-state index in [0.717, 1.165) is 16.5 Å². The number of hydrogen-bond acceptors (Lipinski definition) is 3. The largest absolute Gasteiger partial charge is 0.294 e. The smallest absolute Gasteiger partial charge is 0.193 e. The van der Waals surface area contributed by atoms with E-state index in [1.165, 1.54) is 0 Å². The molecule has 0 saturated heterocycles. The van der Waals surface area contributed by atoms with E-state index in [4.69, 9.17) is 11.6 Å². The molecular weight excluding hydrogens is 256 g/mol. The predicted octanol–water partition coefficient (Wildman–Crippen LogP) is 3.36. The van der Waals surface area contributed by atoms with Gasteiger partial charge >= 0.3 is 0 Å². The zero-order chi connectivity index (χ0) is 12.6. The van der Waals surface area contributed by atoms with Crippen molar-refractivity contribution in [1.29, 1.82) is 0 Å². The highest BCUT2D eigenvalue weighted by molar-refractivity contribution is 7.12. The maximum Gasteiger partial charge on any atom is 0.193 e. The topological polar surface area (TPSA) is 34.9 Å². The highest BCUT2D eigenvalue weighted by Gasteiger charge is 2.20. The van der Waals surface area contributed by atoms with Gasteiger partial charge in [-0.1, -0.05) is 0 Å². The third-order valence-electron chi connectivity index (χ3n) is 2.67. The molecule has 3 nitrogen and oxygen atoms in total. The molecule has 2 aromatic heterocycles. The van der Waals surface area contributed by atoms with Crippen molar-refractivity contribution in [2.75, 3.05) is 0 Å². The lowest BCUT2D eigenvalue weighted by atomic mass is 10.1. The van der Waals surface area contributed by atoms with Crippen molar-refractivity contribution in [1.82, 2.24) is 9.55 Å². The molecule has 0 fully saturated rings. The van der Waals surface area contributed by atoms with Crippen molar-refractivity contribution in [3.05, 3.63) is 34.6 Å². The third-order valence-corrected chi connectivity index (χ3v) is 3.62. The number of hydrogen-bond donors (Lipinski definition) is 0. The van der Waals surface area contributed by atoms with Crippen LogP contribution in [-0.4, -0.2) is 20.7 Å². The molecule has 0 aliphatic carbocycles. The van der Waals surface area contributed by atoms with E-state index in [-0.39, 0.29) is 5.78 Å². The lowest BCUT2D eigenvalue weighted by Crippen LogP contribution is -2.11. The van der Waals surface area contributed by atoms with Gasteiger partial charge in [0.1, 0.15) is 0 Å². The number of alkyl halides is 1. The van der Waals surface area contributed by atoms with Crippen LogP contribution in [0.4, 0.5) is 0 Å². The fourth-order valence-corrected chi connectivity index (χ4v) is 2.72. The van der Waals surface area contributed by atoms with Gasteiger partial charge in [-0.25, -0.2) is 4.98 Å². The van der Waals surface area contributed by atoms with Crippen molar-refractivity contribution in [2.45, 2.75) is 26.1 Å². The maximum absolute atomic E-state index is 11.9. The van der Waals surface area contributed by atoms with E-state index in [1.807, 2.05) is 29.9 Å². The first-order chi connectivity index (χ1) is 8.02. The van der Waals surface area contributed by atoms with Gasteiger partial charge in [-0.15, -0.1) is 22.9 Å². The van der Waals surface area contributed by atoms with Crippen molar-refractivity contribution in [3.8, 4) is 5.13 Å². The van der Waals surface area contributed by atoms with E-state index in [2.05, 4.69) is 4.98 Å². The summed E-state index contributed by atoms with van der Waals surface area (Å²) in [5, 5.41) is 2.29. The fraction of sp³-hybridized carbons (Fsp3) is 0.333. The monoisotopic (exact) mass is 268 g/mol. The molecule has 17 heavy (non-hydrogen) atoms. The van der Waals surface area contributed by atoms with Crippen molar-refractivity contribution in [3.63, 3.8) is 0 Å². The second-order valence-electron chi connectivity index (χ2n) is 3.92. The Balaban J connectivity index is 2.54. The minimum absolute atomic E-state index is 0.0393. The quantitative estimate of drug-likeness (QED) is 0.632. The van der Waals surface area contributed by atoms with Crippen LogP contribution < -0.4 is 0 Å². The van der Waals surface area contributed by atoms with Crippen molar-refractivity contribution < 1.29 is 4.79 Å². The first kappa shape index (κ1) is 12.3. The Bertz CT molecular complexity index is 543. The molecule has 0 saturated carbocycles. The zero-order valence-corrected chi connectivity index (χ0v) is 11.5. The Morgan fingerprint density at radius 1 is 1.53 bits per heavy atom. The van der Waals surface area contributed by atoms with Crippen LogP contribution in [-0.2, 0) is 0 Å². The SMILES string of the molecule is Cc1cc(C(=O)C(C)Cl)c(C)n1-c1nccs1.